The van der Waals surface area contributed by atoms with Crippen LogP contribution in [0.5, 0.6) is 0 Å². The highest BCUT2D eigenvalue weighted by Crippen LogP contribution is 2.33. The first kappa shape index (κ1) is 15.8. The van der Waals surface area contributed by atoms with E-state index in [9.17, 15) is 0 Å². The van der Waals surface area contributed by atoms with Crippen molar-refractivity contribution in [2.75, 3.05) is 0 Å². The molecule has 2 heterocycles. The Bertz CT molecular complexity index is 960. The van der Waals surface area contributed by atoms with E-state index in [-0.39, 0.29) is 0 Å². The highest BCUT2D eigenvalue weighted by Gasteiger charge is 2.13. The van der Waals surface area contributed by atoms with Gasteiger partial charge in [0, 0.05) is 15.5 Å². The minimum atomic E-state index is 0.447. The molecule has 0 bridgehead atoms. The highest BCUT2D eigenvalue weighted by atomic mass is 32.1. The molecule has 1 nitrogen and oxygen atoms in total. The van der Waals surface area contributed by atoms with Crippen LogP contribution in [0.1, 0.15) is 48.1 Å². The normalized spacial score (nSPS) is 13.2. The molecule has 1 unspecified atom stereocenters. The molecule has 0 amide bonds. The zero-order valence-corrected chi connectivity index (χ0v) is 15.9. The second kappa shape index (κ2) is 6.30. The number of benzene rings is 2. The molecule has 0 saturated carbocycles. The number of thiophene rings is 1. The molecule has 4 rings (SSSR count). The fraction of sp³-hybridized carbons (Fsp3) is 0.286. The number of nitrogens with zero attached hydrogens (tertiary/aromatic N) is 1. The number of para-hydroxylation sites is 1. The van der Waals surface area contributed by atoms with E-state index in [0.717, 1.165) is 11.9 Å². The second-order valence-electron chi connectivity index (χ2n) is 6.80. The minimum Gasteiger partial charge on any atom is -0.241 e. The molecular formula is C21H21NS2. The van der Waals surface area contributed by atoms with E-state index in [1.807, 2.05) is 22.7 Å². The number of hydrogen-bond donors (Lipinski definition) is 0. The van der Waals surface area contributed by atoms with Gasteiger partial charge in [-0.25, -0.2) is 4.98 Å². The Kier molecular flexibility index (Phi) is 4.15. The smallest absolute Gasteiger partial charge is 0.0970 e. The summed E-state index contributed by atoms with van der Waals surface area (Å²) in [6.07, 6.45) is 1.04. The summed E-state index contributed by atoms with van der Waals surface area (Å²) in [6.45, 7) is 6.82. The number of hydrogen-bond acceptors (Lipinski definition) is 3. The van der Waals surface area contributed by atoms with Gasteiger partial charge in [-0.05, 0) is 47.6 Å². The molecule has 0 saturated heterocycles. The van der Waals surface area contributed by atoms with Gasteiger partial charge in [-0.3, -0.25) is 0 Å². The zero-order valence-electron chi connectivity index (χ0n) is 14.2. The van der Waals surface area contributed by atoms with Crippen molar-refractivity contribution in [1.29, 1.82) is 0 Å². The fourth-order valence-corrected chi connectivity index (χ4v) is 5.13. The van der Waals surface area contributed by atoms with Gasteiger partial charge in [0.1, 0.15) is 0 Å². The summed E-state index contributed by atoms with van der Waals surface area (Å²) in [5.41, 5.74) is 2.53. The molecule has 0 radical (unpaired) electrons. The van der Waals surface area contributed by atoms with Gasteiger partial charge in [0.25, 0.3) is 0 Å². The van der Waals surface area contributed by atoms with Crippen LogP contribution in [0.15, 0.2) is 48.5 Å². The van der Waals surface area contributed by atoms with Crippen LogP contribution in [-0.2, 0) is 6.42 Å². The molecule has 0 aliphatic rings. The van der Waals surface area contributed by atoms with Gasteiger partial charge in [-0.1, -0.05) is 45.0 Å². The number of rotatable bonds is 4. The predicted octanol–water partition coefficient (Wildman–Crippen LogP) is 6.98. The lowest BCUT2D eigenvalue weighted by Crippen LogP contribution is -1.97. The monoisotopic (exact) mass is 351 g/mol. The second-order valence-corrected chi connectivity index (χ2v) is 8.98. The van der Waals surface area contributed by atoms with E-state index in [0.29, 0.717) is 11.8 Å². The van der Waals surface area contributed by atoms with Crippen molar-refractivity contribution in [2.24, 2.45) is 0 Å². The molecule has 0 aliphatic carbocycles. The Labute approximate surface area is 151 Å². The largest absolute Gasteiger partial charge is 0.241 e. The quantitative estimate of drug-likeness (QED) is 0.386. The van der Waals surface area contributed by atoms with Crippen molar-refractivity contribution in [3.05, 3.63) is 64.0 Å². The molecule has 0 N–H and O–H groups in total. The van der Waals surface area contributed by atoms with Crippen molar-refractivity contribution >= 4 is 43.0 Å². The number of aromatic nitrogens is 1. The maximum atomic E-state index is 4.82. The van der Waals surface area contributed by atoms with Crippen LogP contribution < -0.4 is 0 Å². The Hall–Kier alpha value is -1.71. The van der Waals surface area contributed by atoms with Crippen LogP contribution in [0.25, 0.3) is 20.3 Å². The summed E-state index contributed by atoms with van der Waals surface area (Å²) < 4.78 is 2.68. The van der Waals surface area contributed by atoms with Gasteiger partial charge >= 0.3 is 0 Å². The first-order chi connectivity index (χ1) is 11.6. The summed E-state index contributed by atoms with van der Waals surface area (Å²) in [5.74, 6) is 1.05. The molecule has 24 heavy (non-hydrogen) atoms. The summed E-state index contributed by atoms with van der Waals surface area (Å²) in [5, 5.41) is 2.63. The van der Waals surface area contributed by atoms with E-state index < -0.39 is 0 Å². The maximum absolute atomic E-state index is 4.82. The maximum Gasteiger partial charge on any atom is 0.0970 e. The Morgan fingerprint density at radius 1 is 0.917 bits per heavy atom. The van der Waals surface area contributed by atoms with E-state index in [2.05, 4.69) is 69.3 Å². The van der Waals surface area contributed by atoms with Crippen molar-refractivity contribution < 1.29 is 0 Å². The molecule has 0 fully saturated rings. The lowest BCUT2D eigenvalue weighted by molar-refractivity contribution is 0.754. The van der Waals surface area contributed by atoms with Crippen LogP contribution in [-0.4, -0.2) is 4.98 Å². The average Bonchev–Trinajstić information content (AvgIpc) is 3.18. The highest BCUT2D eigenvalue weighted by molar-refractivity contribution is 7.19. The van der Waals surface area contributed by atoms with Gasteiger partial charge < -0.3 is 0 Å². The van der Waals surface area contributed by atoms with Crippen LogP contribution in [0.2, 0.25) is 0 Å². The summed E-state index contributed by atoms with van der Waals surface area (Å²) in [6, 6.07) is 17.7. The third-order valence-electron chi connectivity index (χ3n) is 4.44. The molecule has 0 aliphatic heterocycles. The van der Waals surface area contributed by atoms with Crippen LogP contribution in [0, 0.1) is 0 Å². The molecule has 0 spiro atoms. The molecule has 1 atom stereocenters. The van der Waals surface area contributed by atoms with E-state index in [1.165, 1.54) is 30.2 Å². The third kappa shape index (κ3) is 2.99. The van der Waals surface area contributed by atoms with Gasteiger partial charge in [-0.2, -0.15) is 0 Å². The SMILES string of the molecule is CC(C)c1cc2cc(CC(C)c3nc4ccccc4s3)ccc2s1. The summed E-state index contributed by atoms with van der Waals surface area (Å²) in [7, 11) is 0. The van der Waals surface area contributed by atoms with Gasteiger partial charge in [0.05, 0.1) is 15.2 Å². The van der Waals surface area contributed by atoms with Gasteiger partial charge in [0.15, 0.2) is 0 Å². The third-order valence-corrected chi connectivity index (χ3v) is 7.13. The van der Waals surface area contributed by atoms with Crippen molar-refractivity contribution in [1.82, 2.24) is 4.98 Å². The molecule has 2 aromatic carbocycles. The van der Waals surface area contributed by atoms with Crippen LogP contribution in [0.4, 0.5) is 0 Å². The van der Waals surface area contributed by atoms with E-state index >= 15 is 0 Å². The molecule has 122 valence electrons. The van der Waals surface area contributed by atoms with Gasteiger partial charge in [0.2, 0.25) is 0 Å². The summed E-state index contributed by atoms with van der Waals surface area (Å²) in [4.78, 5) is 6.29. The van der Waals surface area contributed by atoms with Crippen LogP contribution >= 0.6 is 22.7 Å². The fourth-order valence-electron chi connectivity index (χ4n) is 3.07. The lowest BCUT2D eigenvalue weighted by Gasteiger charge is -2.08. The Morgan fingerprint density at radius 2 is 1.75 bits per heavy atom. The molecule has 2 aromatic heterocycles. The Morgan fingerprint density at radius 3 is 2.54 bits per heavy atom. The molecule has 3 heteroatoms. The topological polar surface area (TPSA) is 12.9 Å². The Balaban J connectivity index is 1.60. The summed E-state index contributed by atoms with van der Waals surface area (Å²) >= 11 is 3.75. The number of fused-ring (bicyclic) bond motifs is 2. The van der Waals surface area contributed by atoms with Crippen molar-refractivity contribution in [3.8, 4) is 0 Å². The standard InChI is InChI=1S/C21H21NS2/c1-13(2)20-12-16-11-15(8-9-18(16)23-20)10-14(3)21-22-17-6-4-5-7-19(17)24-21/h4-9,11-14H,10H2,1-3H3. The van der Waals surface area contributed by atoms with Crippen molar-refractivity contribution in [3.63, 3.8) is 0 Å². The first-order valence-electron chi connectivity index (χ1n) is 8.48. The van der Waals surface area contributed by atoms with Gasteiger partial charge in [-0.15, -0.1) is 22.7 Å². The van der Waals surface area contributed by atoms with E-state index in [1.54, 1.807) is 0 Å². The zero-order chi connectivity index (χ0) is 16.7. The predicted molar refractivity (Wildman–Crippen MR) is 108 cm³/mol. The number of thiazole rings is 1. The lowest BCUT2D eigenvalue weighted by atomic mass is 10.0. The van der Waals surface area contributed by atoms with E-state index in [4.69, 9.17) is 4.98 Å². The minimum absolute atomic E-state index is 0.447. The molecule has 4 aromatic rings. The first-order valence-corrected chi connectivity index (χ1v) is 10.1. The molecular weight excluding hydrogens is 330 g/mol. The van der Waals surface area contributed by atoms with Crippen molar-refractivity contribution in [2.45, 2.75) is 39.0 Å². The van der Waals surface area contributed by atoms with Crippen LogP contribution in [0.3, 0.4) is 0 Å². The average molecular weight is 352 g/mol.